The highest BCUT2D eigenvalue weighted by atomic mass is 16.5. The van der Waals surface area contributed by atoms with Crippen LogP contribution in [-0.2, 0) is 6.54 Å². The smallest absolute Gasteiger partial charge is 0.138 e. The summed E-state index contributed by atoms with van der Waals surface area (Å²) in [5.74, 6) is 2.28. The molecular formula is C19H22N2O3. The minimum atomic E-state index is -0.571. The lowest BCUT2D eigenvalue weighted by Gasteiger charge is -2.13. The summed E-state index contributed by atoms with van der Waals surface area (Å²) in [6, 6.07) is 15.4. The van der Waals surface area contributed by atoms with Crippen molar-refractivity contribution >= 4 is 11.0 Å². The van der Waals surface area contributed by atoms with Crippen LogP contribution in [0.4, 0.5) is 0 Å². The number of imidazole rings is 1. The number of para-hydroxylation sites is 2. The zero-order valence-electron chi connectivity index (χ0n) is 14.0. The molecule has 0 aliphatic carbocycles. The van der Waals surface area contributed by atoms with Crippen LogP contribution >= 0.6 is 0 Å². The Morgan fingerprint density at radius 3 is 2.50 bits per heavy atom. The molecule has 5 nitrogen and oxygen atoms in total. The van der Waals surface area contributed by atoms with Crippen LogP contribution in [0, 0.1) is 0 Å². The van der Waals surface area contributed by atoms with Crippen molar-refractivity contribution < 1.29 is 14.6 Å². The second-order valence-electron chi connectivity index (χ2n) is 5.56. The number of hydrogen-bond acceptors (Lipinski definition) is 4. The van der Waals surface area contributed by atoms with Crippen molar-refractivity contribution in [2.45, 2.75) is 26.0 Å². The van der Waals surface area contributed by atoms with E-state index >= 15 is 0 Å². The maximum atomic E-state index is 10.2. The Labute approximate surface area is 141 Å². The number of methoxy groups -OCH3 is 1. The normalized spacial score (nSPS) is 12.3. The van der Waals surface area contributed by atoms with Crippen molar-refractivity contribution in [3.8, 4) is 11.5 Å². The van der Waals surface area contributed by atoms with E-state index in [0.717, 1.165) is 22.5 Å². The van der Waals surface area contributed by atoms with Crippen molar-refractivity contribution in [1.29, 1.82) is 0 Å². The van der Waals surface area contributed by atoms with Gasteiger partial charge in [0.1, 0.15) is 30.0 Å². The van der Waals surface area contributed by atoms with Gasteiger partial charge >= 0.3 is 0 Å². The number of nitrogens with zero attached hydrogens (tertiary/aromatic N) is 2. The van der Waals surface area contributed by atoms with Crippen LogP contribution in [0.2, 0.25) is 0 Å². The van der Waals surface area contributed by atoms with Crippen molar-refractivity contribution in [2.24, 2.45) is 0 Å². The maximum Gasteiger partial charge on any atom is 0.138 e. The van der Waals surface area contributed by atoms with Crippen LogP contribution < -0.4 is 9.47 Å². The van der Waals surface area contributed by atoms with Crippen LogP contribution in [0.25, 0.3) is 11.0 Å². The van der Waals surface area contributed by atoms with Crippen LogP contribution in [0.5, 0.6) is 11.5 Å². The zero-order chi connectivity index (χ0) is 16.9. The summed E-state index contributed by atoms with van der Waals surface area (Å²) >= 11 is 0. The molecule has 0 amide bonds. The molecule has 0 bridgehead atoms. The van der Waals surface area contributed by atoms with Crippen LogP contribution in [0.1, 0.15) is 25.3 Å². The quantitative estimate of drug-likeness (QED) is 0.721. The van der Waals surface area contributed by atoms with E-state index in [0.29, 0.717) is 25.4 Å². The van der Waals surface area contributed by atoms with Gasteiger partial charge in [-0.2, -0.15) is 0 Å². The highest BCUT2D eigenvalue weighted by molar-refractivity contribution is 5.76. The summed E-state index contributed by atoms with van der Waals surface area (Å²) < 4.78 is 13.0. The second-order valence-corrected chi connectivity index (χ2v) is 5.56. The number of benzene rings is 2. The fraction of sp³-hybridized carbons (Fsp3) is 0.316. The highest BCUT2D eigenvalue weighted by Crippen LogP contribution is 2.23. The molecule has 1 aromatic heterocycles. The van der Waals surface area contributed by atoms with E-state index < -0.39 is 6.10 Å². The van der Waals surface area contributed by atoms with Crippen molar-refractivity contribution in [3.05, 3.63) is 54.4 Å². The van der Waals surface area contributed by atoms with E-state index in [1.165, 1.54) is 0 Å². The van der Waals surface area contributed by atoms with Gasteiger partial charge in [-0.25, -0.2) is 4.98 Å². The predicted octanol–water partition coefficient (Wildman–Crippen LogP) is 3.57. The molecule has 1 heterocycles. The molecule has 1 atom stereocenters. The lowest BCUT2D eigenvalue weighted by atomic mass is 10.2. The number of ether oxygens (including phenoxy) is 2. The number of aliphatic hydroxyl groups is 1. The third kappa shape index (κ3) is 3.36. The Morgan fingerprint density at radius 2 is 1.79 bits per heavy atom. The molecule has 0 saturated heterocycles. The third-order valence-corrected chi connectivity index (χ3v) is 4.01. The van der Waals surface area contributed by atoms with E-state index in [4.69, 9.17) is 9.47 Å². The van der Waals surface area contributed by atoms with Gasteiger partial charge in [0.15, 0.2) is 0 Å². The molecule has 0 fully saturated rings. The summed E-state index contributed by atoms with van der Waals surface area (Å²) in [6.45, 7) is 3.07. The summed E-state index contributed by atoms with van der Waals surface area (Å²) in [5.41, 5.74) is 1.91. The number of fused-ring (bicyclic) bond motifs is 1. The van der Waals surface area contributed by atoms with Crippen LogP contribution in [-0.4, -0.2) is 28.4 Å². The first-order valence-corrected chi connectivity index (χ1v) is 8.13. The van der Waals surface area contributed by atoms with Gasteiger partial charge in [0, 0.05) is 0 Å². The standard InChI is InChI=1S/C19H22N2O3/c1-3-18(22)19-20-16-6-4-5-7-17(16)21(19)12-13-24-15-10-8-14(23-2)9-11-15/h4-11,18,22H,3,12-13H2,1-2H3/t18-/m0/s1. The van der Waals surface area contributed by atoms with Crippen molar-refractivity contribution in [2.75, 3.05) is 13.7 Å². The number of aromatic nitrogens is 2. The number of rotatable bonds is 7. The molecule has 24 heavy (non-hydrogen) atoms. The van der Waals surface area contributed by atoms with Crippen LogP contribution in [0.15, 0.2) is 48.5 Å². The monoisotopic (exact) mass is 326 g/mol. The molecule has 0 radical (unpaired) electrons. The molecule has 0 aliphatic heterocycles. The minimum absolute atomic E-state index is 0.496. The first-order valence-electron chi connectivity index (χ1n) is 8.13. The molecule has 126 valence electrons. The van der Waals surface area contributed by atoms with E-state index in [1.807, 2.05) is 60.0 Å². The van der Waals surface area contributed by atoms with Gasteiger partial charge in [0.25, 0.3) is 0 Å². The maximum absolute atomic E-state index is 10.2. The van der Waals surface area contributed by atoms with E-state index in [1.54, 1.807) is 7.11 Å². The summed E-state index contributed by atoms with van der Waals surface area (Å²) in [4.78, 5) is 4.57. The molecule has 0 saturated carbocycles. The first kappa shape index (κ1) is 16.3. The van der Waals surface area contributed by atoms with Gasteiger partial charge in [-0.1, -0.05) is 19.1 Å². The minimum Gasteiger partial charge on any atom is -0.497 e. The fourth-order valence-corrected chi connectivity index (χ4v) is 2.69. The molecule has 0 aliphatic rings. The molecular weight excluding hydrogens is 304 g/mol. The highest BCUT2D eigenvalue weighted by Gasteiger charge is 2.16. The van der Waals surface area contributed by atoms with E-state index in [-0.39, 0.29) is 0 Å². The molecule has 5 heteroatoms. The lowest BCUT2D eigenvalue weighted by Crippen LogP contribution is -2.13. The summed E-state index contributed by atoms with van der Waals surface area (Å²) in [6.07, 6.45) is 0.0567. The van der Waals surface area contributed by atoms with Gasteiger partial charge in [0.05, 0.1) is 24.7 Å². The Bertz CT molecular complexity index is 796. The topological polar surface area (TPSA) is 56.5 Å². The van der Waals surface area contributed by atoms with Gasteiger partial charge in [-0.05, 0) is 42.8 Å². The molecule has 0 spiro atoms. The predicted molar refractivity (Wildman–Crippen MR) is 93.5 cm³/mol. The van der Waals surface area contributed by atoms with E-state index in [9.17, 15) is 5.11 Å². The average Bonchev–Trinajstić information content (AvgIpc) is 3.00. The zero-order valence-corrected chi connectivity index (χ0v) is 14.0. The summed E-state index contributed by atoms with van der Waals surface area (Å²) in [5, 5.41) is 10.2. The second kappa shape index (κ2) is 7.36. The van der Waals surface area contributed by atoms with Crippen molar-refractivity contribution in [3.63, 3.8) is 0 Å². The van der Waals surface area contributed by atoms with Crippen LogP contribution in [0.3, 0.4) is 0 Å². The lowest BCUT2D eigenvalue weighted by molar-refractivity contribution is 0.157. The Morgan fingerprint density at radius 1 is 1.08 bits per heavy atom. The first-order chi connectivity index (χ1) is 11.7. The van der Waals surface area contributed by atoms with Crippen molar-refractivity contribution in [1.82, 2.24) is 9.55 Å². The third-order valence-electron chi connectivity index (χ3n) is 4.01. The largest absolute Gasteiger partial charge is 0.497 e. The SMILES string of the molecule is CC[C@H](O)c1nc2ccccc2n1CCOc1ccc(OC)cc1. The Hall–Kier alpha value is -2.53. The molecule has 1 N–H and O–H groups in total. The molecule has 3 aromatic rings. The van der Waals surface area contributed by atoms with E-state index in [2.05, 4.69) is 4.98 Å². The fourth-order valence-electron chi connectivity index (χ4n) is 2.69. The number of hydrogen-bond donors (Lipinski definition) is 1. The van der Waals surface area contributed by atoms with Gasteiger partial charge < -0.3 is 19.1 Å². The molecule has 0 unspecified atom stereocenters. The molecule has 3 rings (SSSR count). The summed E-state index contributed by atoms with van der Waals surface area (Å²) in [7, 11) is 1.64. The van der Waals surface area contributed by atoms with Gasteiger partial charge in [-0.15, -0.1) is 0 Å². The Balaban J connectivity index is 1.76. The number of aliphatic hydroxyl groups excluding tert-OH is 1. The molecule has 2 aromatic carbocycles. The average molecular weight is 326 g/mol. The van der Waals surface area contributed by atoms with Gasteiger partial charge in [0.2, 0.25) is 0 Å². The Kier molecular flexibility index (Phi) is 5.01. The van der Waals surface area contributed by atoms with Gasteiger partial charge in [-0.3, -0.25) is 0 Å².